The van der Waals surface area contributed by atoms with Gasteiger partial charge in [0.05, 0.1) is 12.5 Å². The number of benzene rings is 1. The SMILES string of the molecule is CCc1cocc(CC(C)c2ccccc2)c1=O. The molecule has 0 amide bonds. The molecule has 94 valence electrons. The fourth-order valence-electron chi connectivity index (χ4n) is 2.13. The van der Waals surface area contributed by atoms with Crippen molar-refractivity contribution in [3.05, 3.63) is 69.8 Å². The lowest BCUT2D eigenvalue weighted by molar-refractivity contribution is 0.527. The average molecular weight is 242 g/mol. The molecule has 0 saturated heterocycles. The summed E-state index contributed by atoms with van der Waals surface area (Å²) in [6, 6.07) is 10.2. The normalized spacial score (nSPS) is 12.3. The molecule has 0 N–H and O–H groups in total. The van der Waals surface area contributed by atoms with Crippen molar-refractivity contribution in [1.82, 2.24) is 0 Å². The van der Waals surface area contributed by atoms with Gasteiger partial charge in [-0.2, -0.15) is 0 Å². The van der Waals surface area contributed by atoms with Crippen LogP contribution in [0.2, 0.25) is 0 Å². The van der Waals surface area contributed by atoms with E-state index in [9.17, 15) is 4.79 Å². The van der Waals surface area contributed by atoms with Crippen molar-refractivity contribution in [2.75, 3.05) is 0 Å². The van der Waals surface area contributed by atoms with E-state index >= 15 is 0 Å². The molecule has 0 aliphatic rings. The van der Waals surface area contributed by atoms with Crippen molar-refractivity contribution in [3.8, 4) is 0 Å². The maximum Gasteiger partial charge on any atom is 0.191 e. The summed E-state index contributed by atoms with van der Waals surface area (Å²) in [4.78, 5) is 12.1. The molecule has 0 aliphatic heterocycles. The lowest BCUT2D eigenvalue weighted by Gasteiger charge is -2.11. The summed E-state index contributed by atoms with van der Waals surface area (Å²) in [7, 11) is 0. The first-order chi connectivity index (χ1) is 8.72. The molecule has 0 bridgehead atoms. The van der Waals surface area contributed by atoms with Gasteiger partial charge in [-0.3, -0.25) is 4.79 Å². The van der Waals surface area contributed by atoms with Crippen LogP contribution >= 0.6 is 0 Å². The summed E-state index contributed by atoms with van der Waals surface area (Å²) in [6.45, 7) is 4.10. The Labute approximate surface area is 107 Å². The van der Waals surface area contributed by atoms with E-state index in [1.165, 1.54) is 5.56 Å². The van der Waals surface area contributed by atoms with E-state index in [1.54, 1.807) is 12.5 Å². The van der Waals surface area contributed by atoms with Crippen molar-refractivity contribution in [2.24, 2.45) is 0 Å². The molecule has 1 aromatic carbocycles. The molecule has 1 aromatic heterocycles. The van der Waals surface area contributed by atoms with Gasteiger partial charge >= 0.3 is 0 Å². The monoisotopic (exact) mass is 242 g/mol. The summed E-state index contributed by atoms with van der Waals surface area (Å²) >= 11 is 0. The van der Waals surface area contributed by atoms with Crippen LogP contribution in [0.1, 0.15) is 36.5 Å². The third kappa shape index (κ3) is 2.70. The standard InChI is InChI=1S/C16H18O2/c1-3-13-10-18-11-15(16(13)17)9-12(2)14-7-5-4-6-8-14/h4-8,10-12H,3,9H2,1-2H3. The maximum absolute atomic E-state index is 12.1. The van der Waals surface area contributed by atoms with Crippen LogP contribution in [0.15, 0.2) is 52.1 Å². The van der Waals surface area contributed by atoms with Gasteiger partial charge < -0.3 is 4.42 Å². The van der Waals surface area contributed by atoms with Gasteiger partial charge in [-0.05, 0) is 24.3 Å². The van der Waals surface area contributed by atoms with E-state index in [4.69, 9.17) is 4.42 Å². The third-order valence-corrected chi connectivity index (χ3v) is 3.28. The van der Waals surface area contributed by atoms with Crippen molar-refractivity contribution in [3.63, 3.8) is 0 Å². The Morgan fingerprint density at radius 1 is 1.11 bits per heavy atom. The molecule has 18 heavy (non-hydrogen) atoms. The second kappa shape index (κ2) is 5.67. The van der Waals surface area contributed by atoms with Gasteiger partial charge in [-0.1, -0.05) is 44.2 Å². The number of hydrogen-bond donors (Lipinski definition) is 0. The highest BCUT2D eigenvalue weighted by Gasteiger charge is 2.11. The summed E-state index contributed by atoms with van der Waals surface area (Å²) in [5.41, 5.74) is 2.91. The second-order valence-electron chi connectivity index (χ2n) is 4.62. The largest absolute Gasteiger partial charge is 0.472 e. The molecular weight excluding hydrogens is 224 g/mol. The zero-order valence-corrected chi connectivity index (χ0v) is 10.8. The highest BCUT2D eigenvalue weighted by Crippen LogP contribution is 2.18. The highest BCUT2D eigenvalue weighted by molar-refractivity contribution is 5.23. The first-order valence-electron chi connectivity index (χ1n) is 6.35. The zero-order chi connectivity index (χ0) is 13.0. The quantitative estimate of drug-likeness (QED) is 0.820. The smallest absolute Gasteiger partial charge is 0.191 e. The molecule has 1 heterocycles. The van der Waals surface area contributed by atoms with Gasteiger partial charge in [0.15, 0.2) is 5.43 Å². The second-order valence-corrected chi connectivity index (χ2v) is 4.62. The Morgan fingerprint density at radius 2 is 1.78 bits per heavy atom. The third-order valence-electron chi connectivity index (χ3n) is 3.28. The van der Waals surface area contributed by atoms with E-state index in [2.05, 4.69) is 19.1 Å². The molecule has 0 spiro atoms. The first-order valence-corrected chi connectivity index (χ1v) is 6.35. The Hall–Kier alpha value is -1.83. The molecule has 0 aliphatic carbocycles. The fraction of sp³-hybridized carbons (Fsp3) is 0.312. The summed E-state index contributed by atoms with van der Waals surface area (Å²) in [5.74, 6) is 0.321. The predicted octanol–water partition coefficient (Wildman–Crippen LogP) is 3.55. The van der Waals surface area contributed by atoms with Crippen LogP contribution in [-0.2, 0) is 12.8 Å². The Bertz CT molecular complexity index is 555. The van der Waals surface area contributed by atoms with Crippen LogP contribution in [0.25, 0.3) is 0 Å². The lowest BCUT2D eigenvalue weighted by atomic mass is 9.94. The van der Waals surface area contributed by atoms with Crippen LogP contribution < -0.4 is 5.43 Å². The van der Waals surface area contributed by atoms with E-state index in [0.717, 1.165) is 24.0 Å². The van der Waals surface area contributed by atoms with Crippen molar-refractivity contribution in [1.29, 1.82) is 0 Å². The van der Waals surface area contributed by atoms with Gasteiger partial charge in [0.2, 0.25) is 0 Å². The highest BCUT2D eigenvalue weighted by atomic mass is 16.3. The van der Waals surface area contributed by atoms with Crippen molar-refractivity contribution >= 4 is 0 Å². The molecule has 2 heteroatoms. The van der Waals surface area contributed by atoms with Gasteiger partial charge in [-0.15, -0.1) is 0 Å². The zero-order valence-electron chi connectivity index (χ0n) is 10.8. The van der Waals surface area contributed by atoms with Gasteiger partial charge in [-0.25, -0.2) is 0 Å². The summed E-state index contributed by atoms with van der Waals surface area (Å²) < 4.78 is 5.25. The minimum Gasteiger partial charge on any atom is -0.472 e. The van der Waals surface area contributed by atoms with Crippen LogP contribution in [-0.4, -0.2) is 0 Å². The molecule has 0 fully saturated rings. The molecule has 2 aromatic rings. The average Bonchev–Trinajstić information content (AvgIpc) is 2.42. The van der Waals surface area contributed by atoms with E-state index in [1.807, 2.05) is 25.1 Å². The topological polar surface area (TPSA) is 30.2 Å². The van der Waals surface area contributed by atoms with Gasteiger partial charge in [0.25, 0.3) is 0 Å². The van der Waals surface area contributed by atoms with Crippen LogP contribution in [0.3, 0.4) is 0 Å². The Balaban J connectivity index is 2.22. The Morgan fingerprint density at radius 3 is 2.44 bits per heavy atom. The van der Waals surface area contributed by atoms with E-state index < -0.39 is 0 Å². The molecule has 0 saturated carbocycles. The van der Waals surface area contributed by atoms with Gasteiger partial charge in [0, 0.05) is 11.1 Å². The maximum atomic E-state index is 12.1. The fourth-order valence-corrected chi connectivity index (χ4v) is 2.13. The molecule has 1 unspecified atom stereocenters. The van der Waals surface area contributed by atoms with Crippen LogP contribution in [0.4, 0.5) is 0 Å². The number of aryl methyl sites for hydroxylation is 1. The lowest BCUT2D eigenvalue weighted by Crippen LogP contribution is -2.15. The van der Waals surface area contributed by atoms with Crippen LogP contribution in [0, 0.1) is 0 Å². The minimum absolute atomic E-state index is 0.131. The number of hydrogen-bond acceptors (Lipinski definition) is 2. The molecule has 0 radical (unpaired) electrons. The minimum atomic E-state index is 0.131. The summed E-state index contributed by atoms with van der Waals surface area (Å²) in [6.07, 6.45) is 4.58. The Kier molecular flexibility index (Phi) is 3.98. The summed E-state index contributed by atoms with van der Waals surface area (Å²) in [5, 5.41) is 0. The molecule has 2 nitrogen and oxygen atoms in total. The van der Waals surface area contributed by atoms with Gasteiger partial charge in [0.1, 0.15) is 0 Å². The van der Waals surface area contributed by atoms with Crippen LogP contribution in [0.5, 0.6) is 0 Å². The van der Waals surface area contributed by atoms with Crippen molar-refractivity contribution in [2.45, 2.75) is 32.6 Å². The molecular formula is C16H18O2. The van der Waals surface area contributed by atoms with E-state index in [-0.39, 0.29) is 5.43 Å². The predicted molar refractivity (Wildman–Crippen MR) is 72.9 cm³/mol. The van der Waals surface area contributed by atoms with Crippen molar-refractivity contribution < 1.29 is 4.42 Å². The molecule has 1 atom stereocenters. The number of rotatable bonds is 4. The first kappa shape index (κ1) is 12.6. The molecule has 2 rings (SSSR count). The van der Waals surface area contributed by atoms with E-state index in [0.29, 0.717) is 5.92 Å².